The number of carbonyl (C=O) groups excluding carboxylic acids is 1. The van der Waals surface area contributed by atoms with Gasteiger partial charge in [-0.3, -0.25) is 9.48 Å². The average Bonchev–Trinajstić information content (AvgIpc) is 3.00. The van der Waals surface area contributed by atoms with Crippen LogP contribution in [0.15, 0.2) is 48.5 Å². The first-order valence-electron chi connectivity index (χ1n) is 8.11. The summed E-state index contributed by atoms with van der Waals surface area (Å²) in [6.45, 7) is 2.78. The number of rotatable bonds is 6. The fourth-order valence-electron chi connectivity index (χ4n) is 2.75. The molecule has 0 bridgehead atoms. The molecule has 1 heterocycles. The first kappa shape index (κ1) is 17.5. The number of amides is 1. The maximum Gasteiger partial charge on any atom is 0.244 e. The second-order valence-corrected chi connectivity index (χ2v) is 6.22. The van der Waals surface area contributed by atoms with Crippen LogP contribution in [0.25, 0.3) is 22.2 Å². The number of nitrogens with zero attached hydrogens (tertiary/aromatic N) is 2. The molecule has 0 saturated heterocycles. The molecule has 2 aromatic carbocycles. The number of methoxy groups -OCH3 is 1. The third kappa shape index (κ3) is 3.67. The fraction of sp³-hybridized carbons (Fsp3) is 0.263. The number of nitrogens with one attached hydrogen (secondary N) is 1. The molecule has 1 aromatic heterocycles. The summed E-state index contributed by atoms with van der Waals surface area (Å²) in [6.07, 6.45) is 0. The Morgan fingerprint density at radius 1 is 1.28 bits per heavy atom. The zero-order chi connectivity index (χ0) is 17.8. The predicted molar refractivity (Wildman–Crippen MR) is 99.8 cm³/mol. The van der Waals surface area contributed by atoms with E-state index in [0.717, 1.165) is 22.2 Å². The van der Waals surface area contributed by atoms with Crippen molar-refractivity contribution < 1.29 is 9.53 Å². The Bertz CT molecular complexity index is 877. The Morgan fingerprint density at radius 3 is 2.76 bits per heavy atom. The van der Waals surface area contributed by atoms with E-state index in [1.165, 1.54) is 0 Å². The minimum atomic E-state index is -0.446. The number of hydrogen-bond acceptors (Lipinski definition) is 3. The van der Waals surface area contributed by atoms with Crippen molar-refractivity contribution in [2.45, 2.75) is 13.0 Å². The van der Waals surface area contributed by atoms with E-state index in [2.05, 4.69) is 5.32 Å². The zero-order valence-electron chi connectivity index (χ0n) is 14.2. The molecule has 0 aliphatic rings. The van der Waals surface area contributed by atoms with Gasteiger partial charge in [-0.2, -0.15) is 5.10 Å². The summed E-state index contributed by atoms with van der Waals surface area (Å²) < 4.78 is 6.72. The predicted octanol–water partition coefficient (Wildman–Crippen LogP) is 3.68. The third-order valence-electron chi connectivity index (χ3n) is 4.07. The number of benzene rings is 2. The SMILES string of the molecule is COCCNC(=O)[C@@H](C)n1nc(-c2ccccc2)c2cc(Cl)ccc21. The summed E-state index contributed by atoms with van der Waals surface area (Å²) in [4.78, 5) is 12.4. The number of carbonyl (C=O) groups is 1. The van der Waals surface area contributed by atoms with Crippen LogP contribution in [0, 0.1) is 0 Å². The molecular formula is C19H20ClN3O2. The van der Waals surface area contributed by atoms with Crippen molar-refractivity contribution in [2.24, 2.45) is 0 Å². The van der Waals surface area contributed by atoms with Crippen LogP contribution in [0.4, 0.5) is 0 Å². The van der Waals surface area contributed by atoms with E-state index < -0.39 is 6.04 Å². The highest BCUT2D eigenvalue weighted by Crippen LogP contribution is 2.31. The van der Waals surface area contributed by atoms with E-state index in [0.29, 0.717) is 18.2 Å². The van der Waals surface area contributed by atoms with Crippen molar-refractivity contribution in [1.29, 1.82) is 0 Å². The van der Waals surface area contributed by atoms with Gasteiger partial charge in [0.15, 0.2) is 0 Å². The highest BCUT2D eigenvalue weighted by atomic mass is 35.5. The van der Waals surface area contributed by atoms with Crippen LogP contribution in [0.5, 0.6) is 0 Å². The van der Waals surface area contributed by atoms with Gasteiger partial charge in [0.05, 0.1) is 12.1 Å². The van der Waals surface area contributed by atoms with E-state index in [1.807, 2.05) is 55.5 Å². The Labute approximate surface area is 151 Å². The van der Waals surface area contributed by atoms with E-state index in [9.17, 15) is 4.79 Å². The van der Waals surface area contributed by atoms with Gasteiger partial charge >= 0.3 is 0 Å². The second kappa shape index (κ2) is 7.68. The summed E-state index contributed by atoms with van der Waals surface area (Å²) in [6, 6.07) is 15.0. The lowest BCUT2D eigenvalue weighted by Gasteiger charge is -2.13. The van der Waals surface area contributed by atoms with E-state index >= 15 is 0 Å². The Morgan fingerprint density at radius 2 is 2.04 bits per heavy atom. The van der Waals surface area contributed by atoms with Gasteiger partial charge in [-0.1, -0.05) is 41.9 Å². The molecule has 25 heavy (non-hydrogen) atoms. The highest BCUT2D eigenvalue weighted by Gasteiger charge is 2.21. The van der Waals surface area contributed by atoms with Crippen molar-refractivity contribution in [3.63, 3.8) is 0 Å². The topological polar surface area (TPSA) is 56.1 Å². The minimum Gasteiger partial charge on any atom is -0.383 e. The highest BCUT2D eigenvalue weighted by molar-refractivity contribution is 6.31. The molecule has 0 spiro atoms. The molecule has 1 N–H and O–H groups in total. The van der Waals surface area contributed by atoms with E-state index in [1.54, 1.807) is 11.8 Å². The number of ether oxygens (including phenoxy) is 1. The minimum absolute atomic E-state index is 0.101. The summed E-state index contributed by atoms with van der Waals surface area (Å²) >= 11 is 6.18. The standard InChI is InChI=1S/C19H20ClN3O2/c1-13(19(24)21-10-11-25-2)23-17-9-8-15(20)12-16(17)18(22-23)14-6-4-3-5-7-14/h3-9,12-13H,10-11H2,1-2H3,(H,21,24)/t13-/m1/s1. The number of halogens is 1. The lowest BCUT2D eigenvalue weighted by Crippen LogP contribution is -2.33. The van der Waals surface area contributed by atoms with Crippen LogP contribution in [0.3, 0.4) is 0 Å². The van der Waals surface area contributed by atoms with Crippen molar-refractivity contribution in [3.8, 4) is 11.3 Å². The summed E-state index contributed by atoms with van der Waals surface area (Å²) in [5.41, 5.74) is 2.67. The quantitative estimate of drug-likeness (QED) is 0.685. The second-order valence-electron chi connectivity index (χ2n) is 5.78. The smallest absolute Gasteiger partial charge is 0.244 e. The largest absolute Gasteiger partial charge is 0.383 e. The van der Waals surface area contributed by atoms with Gasteiger partial charge in [-0.05, 0) is 25.1 Å². The molecule has 6 heteroatoms. The maximum atomic E-state index is 12.4. The molecule has 5 nitrogen and oxygen atoms in total. The monoisotopic (exact) mass is 357 g/mol. The molecule has 0 saturated carbocycles. The number of aromatic nitrogens is 2. The third-order valence-corrected chi connectivity index (χ3v) is 4.30. The molecule has 1 amide bonds. The fourth-order valence-corrected chi connectivity index (χ4v) is 2.92. The molecule has 0 aliphatic carbocycles. The molecule has 0 unspecified atom stereocenters. The van der Waals surface area contributed by atoms with Gasteiger partial charge in [0.2, 0.25) is 5.91 Å². The number of fused-ring (bicyclic) bond motifs is 1. The van der Waals surface area contributed by atoms with Crippen LogP contribution < -0.4 is 5.32 Å². The molecule has 0 fully saturated rings. The van der Waals surface area contributed by atoms with Crippen LogP contribution in [-0.2, 0) is 9.53 Å². The molecule has 3 rings (SSSR count). The zero-order valence-corrected chi connectivity index (χ0v) is 15.0. The van der Waals surface area contributed by atoms with Crippen LogP contribution in [0.1, 0.15) is 13.0 Å². The molecular weight excluding hydrogens is 338 g/mol. The Hall–Kier alpha value is -2.37. The van der Waals surface area contributed by atoms with Gasteiger partial charge in [-0.25, -0.2) is 0 Å². The normalized spacial score (nSPS) is 12.3. The van der Waals surface area contributed by atoms with Gasteiger partial charge in [-0.15, -0.1) is 0 Å². The lowest BCUT2D eigenvalue weighted by atomic mass is 10.1. The van der Waals surface area contributed by atoms with Crippen molar-refractivity contribution in [1.82, 2.24) is 15.1 Å². The Balaban J connectivity index is 2.03. The van der Waals surface area contributed by atoms with Crippen LogP contribution >= 0.6 is 11.6 Å². The molecule has 1 atom stereocenters. The maximum absolute atomic E-state index is 12.4. The molecule has 130 valence electrons. The van der Waals surface area contributed by atoms with Crippen LogP contribution in [0.2, 0.25) is 5.02 Å². The summed E-state index contributed by atoms with van der Waals surface area (Å²) in [5.74, 6) is -0.101. The molecule has 0 radical (unpaired) electrons. The van der Waals surface area contributed by atoms with Crippen molar-refractivity contribution >= 4 is 28.4 Å². The first-order valence-corrected chi connectivity index (χ1v) is 8.49. The average molecular weight is 358 g/mol. The van der Waals surface area contributed by atoms with Gasteiger partial charge in [0.1, 0.15) is 11.7 Å². The van der Waals surface area contributed by atoms with Crippen LogP contribution in [-0.4, -0.2) is 35.9 Å². The Kier molecular flexibility index (Phi) is 5.36. The molecule has 0 aliphatic heterocycles. The summed E-state index contributed by atoms with van der Waals surface area (Å²) in [5, 5.41) is 9.14. The van der Waals surface area contributed by atoms with E-state index in [4.69, 9.17) is 21.4 Å². The van der Waals surface area contributed by atoms with Gasteiger partial charge in [0, 0.05) is 29.6 Å². The number of hydrogen-bond donors (Lipinski definition) is 1. The van der Waals surface area contributed by atoms with E-state index in [-0.39, 0.29) is 5.91 Å². The van der Waals surface area contributed by atoms with Crippen molar-refractivity contribution in [3.05, 3.63) is 53.6 Å². The lowest BCUT2D eigenvalue weighted by molar-refractivity contribution is -0.124. The van der Waals surface area contributed by atoms with Crippen molar-refractivity contribution in [2.75, 3.05) is 20.3 Å². The molecule has 3 aromatic rings. The van der Waals surface area contributed by atoms with Gasteiger partial charge in [0.25, 0.3) is 0 Å². The first-order chi connectivity index (χ1) is 12.1. The van der Waals surface area contributed by atoms with Gasteiger partial charge < -0.3 is 10.1 Å². The summed E-state index contributed by atoms with van der Waals surface area (Å²) in [7, 11) is 1.60.